The number of hydrogen-bond donors (Lipinski definition) is 2. The van der Waals surface area contributed by atoms with Crippen molar-refractivity contribution in [3.63, 3.8) is 0 Å². The van der Waals surface area contributed by atoms with E-state index < -0.39 is 11.8 Å². The molecule has 0 aliphatic rings. The molecule has 0 heterocycles. The lowest BCUT2D eigenvalue weighted by molar-refractivity contribution is 0.0697. The number of nitrogens with zero attached hydrogens (tertiary/aromatic N) is 1. The molecule has 0 fully saturated rings. The molecule has 0 saturated carbocycles. The number of halogens is 1. The first-order chi connectivity index (χ1) is 10.0. The van der Waals surface area contributed by atoms with Crippen LogP contribution in [0.4, 0.5) is 10.1 Å². The first-order valence-electron chi connectivity index (χ1n) is 5.96. The Morgan fingerprint density at radius 2 is 2.14 bits per heavy atom. The van der Waals surface area contributed by atoms with Gasteiger partial charge >= 0.3 is 5.97 Å². The molecule has 0 atom stereocenters. The van der Waals surface area contributed by atoms with Gasteiger partial charge in [0.2, 0.25) is 0 Å². The molecule has 0 bridgehead atoms. The molecule has 2 aromatic carbocycles. The van der Waals surface area contributed by atoms with Gasteiger partial charge in [0.15, 0.2) is 0 Å². The van der Waals surface area contributed by atoms with Crippen molar-refractivity contribution in [1.82, 2.24) is 0 Å². The van der Waals surface area contributed by atoms with Gasteiger partial charge in [-0.05, 0) is 24.3 Å². The molecule has 0 spiro atoms. The highest BCUT2D eigenvalue weighted by atomic mass is 19.1. The minimum Gasteiger partial charge on any atom is -0.487 e. The van der Waals surface area contributed by atoms with E-state index in [-0.39, 0.29) is 34.7 Å². The lowest BCUT2D eigenvalue weighted by atomic mass is 10.1. The molecule has 0 aromatic heterocycles. The summed E-state index contributed by atoms with van der Waals surface area (Å²) in [6.45, 7) is -0.113. The molecule has 0 radical (unpaired) electrons. The Morgan fingerprint density at radius 3 is 2.76 bits per heavy atom. The lowest BCUT2D eigenvalue weighted by Gasteiger charge is -2.10. The maximum absolute atomic E-state index is 13.8. The summed E-state index contributed by atoms with van der Waals surface area (Å²) in [6, 6.07) is 10.2. The normalized spacial score (nSPS) is 9.90. The quantitative estimate of drug-likeness (QED) is 0.842. The zero-order chi connectivity index (χ0) is 15.4. The highest BCUT2D eigenvalue weighted by molar-refractivity contribution is 5.89. The van der Waals surface area contributed by atoms with Crippen molar-refractivity contribution in [2.24, 2.45) is 0 Å². The van der Waals surface area contributed by atoms with Gasteiger partial charge in [0.05, 0.1) is 16.8 Å². The van der Waals surface area contributed by atoms with E-state index in [9.17, 15) is 9.18 Å². The van der Waals surface area contributed by atoms with E-state index in [0.717, 1.165) is 0 Å². The number of rotatable bonds is 4. The highest BCUT2D eigenvalue weighted by Gasteiger charge is 2.10. The second-order valence-electron chi connectivity index (χ2n) is 4.24. The van der Waals surface area contributed by atoms with Gasteiger partial charge in [-0.2, -0.15) is 5.26 Å². The largest absolute Gasteiger partial charge is 0.487 e. The standard InChI is InChI=1S/C15H11FN2O3/c16-14-10(7-17)2-1-3-11(14)8-21-13-5-4-9(15(19)20)6-12(13)18/h1-6H,8,18H2,(H,19,20). The van der Waals surface area contributed by atoms with Crippen LogP contribution < -0.4 is 10.5 Å². The second-order valence-corrected chi connectivity index (χ2v) is 4.24. The van der Waals surface area contributed by atoms with E-state index >= 15 is 0 Å². The van der Waals surface area contributed by atoms with Gasteiger partial charge in [-0.25, -0.2) is 9.18 Å². The number of carboxylic acids is 1. The van der Waals surface area contributed by atoms with Gasteiger partial charge in [0.25, 0.3) is 0 Å². The first kappa shape index (κ1) is 14.3. The molecule has 2 rings (SSSR count). The molecule has 0 saturated heterocycles. The fraction of sp³-hybridized carbons (Fsp3) is 0.0667. The Morgan fingerprint density at radius 1 is 1.38 bits per heavy atom. The van der Waals surface area contributed by atoms with Crippen molar-refractivity contribution >= 4 is 11.7 Å². The summed E-state index contributed by atoms with van der Waals surface area (Å²) in [5, 5.41) is 17.6. The minimum atomic E-state index is -1.10. The SMILES string of the molecule is N#Cc1cccc(COc2ccc(C(=O)O)cc2N)c1F. The molecular weight excluding hydrogens is 275 g/mol. The molecule has 3 N–H and O–H groups in total. The van der Waals surface area contributed by atoms with Crippen LogP contribution in [-0.2, 0) is 6.61 Å². The van der Waals surface area contributed by atoms with Gasteiger partial charge in [-0.1, -0.05) is 12.1 Å². The molecule has 6 heteroatoms. The minimum absolute atomic E-state index is 0.0394. The predicted molar refractivity (Wildman–Crippen MR) is 73.3 cm³/mol. The van der Waals surface area contributed by atoms with Crippen molar-refractivity contribution < 1.29 is 19.0 Å². The predicted octanol–water partition coefficient (Wildman–Crippen LogP) is 2.56. The monoisotopic (exact) mass is 286 g/mol. The van der Waals surface area contributed by atoms with Gasteiger partial charge in [-0.3, -0.25) is 0 Å². The molecule has 5 nitrogen and oxygen atoms in total. The third kappa shape index (κ3) is 3.09. The molecule has 0 aliphatic carbocycles. The third-order valence-corrected chi connectivity index (χ3v) is 2.84. The van der Waals surface area contributed by atoms with Crippen LogP contribution in [0.25, 0.3) is 0 Å². The fourth-order valence-electron chi connectivity index (χ4n) is 1.75. The van der Waals surface area contributed by atoms with Gasteiger partial charge in [0.1, 0.15) is 24.2 Å². The van der Waals surface area contributed by atoms with Crippen molar-refractivity contribution in [1.29, 1.82) is 5.26 Å². The van der Waals surface area contributed by atoms with Gasteiger partial charge < -0.3 is 15.6 Å². The molecule has 0 aliphatic heterocycles. The van der Waals surface area contributed by atoms with E-state index in [1.807, 2.05) is 0 Å². The number of nitriles is 1. The third-order valence-electron chi connectivity index (χ3n) is 2.84. The van der Waals surface area contributed by atoms with E-state index in [1.54, 1.807) is 12.1 Å². The maximum atomic E-state index is 13.8. The highest BCUT2D eigenvalue weighted by Crippen LogP contribution is 2.24. The van der Waals surface area contributed by atoms with Crippen molar-refractivity contribution in [3.05, 3.63) is 58.9 Å². The number of aromatic carboxylic acids is 1. The Labute approximate surface area is 120 Å². The fourth-order valence-corrected chi connectivity index (χ4v) is 1.75. The number of carboxylic acid groups (broad SMARTS) is 1. The van der Waals surface area contributed by atoms with Crippen LogP contribution in [-0.4, -0.2) is 11.1 Å². The van der Waals surface area contributed by atoms with E-state index in [2.05, 4.69) is 0 Å². The Kier molecular flexibility index (Phi) is 4.05. The summed E-state index contributed by atoms with van der Waals surface area (Å²) in [6.07, 6.45) is 0. The van der Waals surface area contributed by atoms with Crippen LogP contribution >= 0.6 is 0 Å². The van der Waals surface area contributed by atoms with Crippen LogP contribution in [0.2, 0.25) is 0 Å². The summed E-state index contributed by atoms with van der Waals surface area (Å²) in [5.74, 6) is -1.48. The summed E-state index contributed by atoms with van der Waals surface area (Å²) in [4.78, 5) is 10.8. The van der Waals surface area contributed by atoms with Crippen molar-refractivity contribution in [3.8, 4) is 11.8 Å². The lowest BCUT2D eigenvalue weighted by Crippen LogP contribution is -2.04. The van der Waals surface area contributed by atoms with E-state index in [1.165, 1.54) is 30.3 Å². The first-order valence-corrected chi connectivity index (χ1v) is 5.96. The van der Waals surface area contributed by atoms with Crippen LogP contribution in [0.3, 0.4) is 0 Å². The number of hydrogen-bond acceptors (Lipinski definition) is 4. The smallest absolute Gasteiger partial charge is 0.335 e. The number of nitrogen functional groups attached to an aromatic ring is 1. The van der Waals surface area contributed by atoms with Crippen molar-refractivity contribution in [2.75, 3.05) is 5.73 Å². The number of anilines is 1. The summed E-state index contributed by atoms with van der Waals surface area (Å²) in [5.41, 5.74) is 6.02. The molecule has 0 unspecified atom stereocenters. The molecule has 106 valence electrons. The molecule has 2 aromatic rings. The Bertz CT molecular complexity index is 738. The van der Waals surface area contributed by atoms with Crippen LogP contribution in [0, 0.1) is 17.1 Å². The second kappa shape index (κ2) is 5.92. The average Bonchev–Trinajstić information content (AvgIpc) is 2.47. The van der Waals surface area contributed by atoms with E-state index in [4.69, 9.17) is 20.8 Å². The van der Waals surface area contributed by atoms with Crippen LogP contribution in [0.15, 0.2) is 36.4 Å². The number of carbonyl (C=O) groups is 1. The zero-order valence-corrected chi connectivity index (χ0v) is 10.8. The Balaban J connectivity index is 2.18. The maximum Gasteiger partial charge on any atom is 0.335 e. The zero-order valence-electron chi connectivity index (χ0n) is 10.8. The Hall–Kier alpha value is -3.07. The molecular formula is C15H11FN2O3. The summed E-state index contributed by atoms with van der Waals surface area (Å²) in [7, 11) is 0. The van der Waals surface area contributed by atoms with Crippen LogP contribution in [0.1, 0.15) is 21.5 Å². The van der Waals surface area contributed by atoms with Crippen molar-refractivity contribution in [2.45, 2.75) is 6.61 Å². The summed E-state index contributed by atoms with van der Waals surface area (Å²) >= 11 is 0. The van der Waals surface area contributed by atoms with E-state index in [0.29, 0.717) is 0 Å². The number of nitrogens with two attached hydrogens (primary N) is 1. The topological polar surface area (TPSA) is 96.3 Å². The van der Waals surface area contributed by atoms with Crippen LogP contribution in [0.5, 0.6) is 5.75 Å². The van der Waals surface area contributed by atoms with Gasteiger partial charge in [0, 0.05) is 5.56 Å². The number of benzene rings is 2. The summed E-state index contributed by atoms with van der Waals surface area (Å²) < 4.78 is 19.2. The van der Waals surface area contributed by atoms with Gasteiger partial charge in [-0.15, -0.1) is 0 Å². The number of ether oxygens (including phenoxy) is 1. The molecule has 0 amide bonds. The molecule has 21 heavy (non-hydrogen) atoms. The average molecular weight is 286 g/mol.